The second kappa shape index (κ2) is 10.6. The molecule has 0 saturated carbocycles. The molecule has 212 valence electrons. The van der Waals surface area contributed by atoms with Gasteiger partial charge in [-0.05, 0) is 80.0 Å². The quantitative estimate of drug-likeness (QED) is 0.418. The monoisotopic (exact) mass is 564 g/mol. The summed E-state index contributed by atoms with van der Waals surface area (Å²) in [4.78, 5) is 11.6. The summed E-state index contributed by atoms with van der Waals surface area (Å²) >= 11 is 0. The molecule has 0 bridgehead atoms. The number of fused-ring (bicyclic) bond motifs is 2. The number of ether oxygens (including phenoxy) is 3. The number of aryl methyl sites for hydroxylation is 2. The van der Waals surface area contributed by atoms with E-state index >= 15 is 0 Å². The minimum Gasteiger partial charge on any atom is -0.497 e. The Labute approximate surface area is 236 Å². The maximum Gasteiger partial charge on any atom is 0.318 e. The molecule has 0 unspecified atom stereocenters. The van der Waals surface area contributed by atoms with Crippen LogP contribution >= 0.6 is 0 Å². The Balaban J connectivity index is 1.12. The van der Waals surface area contributed by atoms with E-state index in [4.69, 9.17) is 14.2 Å². The van der Waals surface area contributed by atoms with E-state index in [0.29, 0.717) is 34.9 Å². The lowest BCUT2D eigenvalue weighted by Crippen LogP contribution is -2.43. The molecule has 2 fully saturated rings. The highest BCUT2D eigenvalue weighted by Crippen LogP contribution is 2.44. The number of rotatable bonds is 7. The Bertz CT molecular complexity index is 1480. The first-order valence-corrected chi connectivity index (χ1v) is 15.3. The fraction of sp³-hybridized carbons (Fsp3) is 0.467. The van der Waals surface area contributed by atoms with E-state index in [2.05, 4.69) is 39.1 Å². The molecular formula is C30H36N4O5S. The molecule has 3 aliphatic heterocycles. The van der Waals surface area contributed by atoms with E-state index in [9.17, 15) is 8.42 Å². The Kier molecular flexibility index (Phi) is 7.18. The summed E-state index contributed by atoms with van der Waals surface area (Å²) in [6, 6.07) is 13.9. The average molecular weight is 565 g/mol. The maximum atomic E-state index is 13.7. The summed E-state index contributed by atoms with van der Waals surface area (Å²) in [5, 5.41) is 0. The largest absolute Gasteiger partial charge is 0.497 e. The van der Waals surface area contributed by atoms with Crippen molar-refractivity contribution in [3.63, 3.8) is 0 Å². The molecule has 1 atom stereocenters. The molecule has 4 heterocycles. The number of anilines is 1. The fourth-order valence-electron chi connectivity index (χ4n) is 6.49. The second-order valence-corrected chi connectivity index (χ2v) is 12.8. The number of benzene rings is 2. The van der Waals surface area contributed by atoms with Gasteiger partial charge in [0.2, 0.25) is 10.0 Å². The van der Waals surface area contributed by atoms with Gasteiger partial charge in [0.25, 0.3) is 0 Å². The Hall–Kier alpha value is -3.21. The van der Waals surface area contributed by atoms with Gasteiger partial charge in [-0.2, -0.15) is 9.29 Å². The third-order valence-electron chi connectivity index (χ3n) is 8.49. The van der Waals surface area contributed by atoms with E-state index in [-0.39, 0.29) is 24.3 Å². The highest BCUT2D eigenvalue weighted by molar-refractivity contribution is 7.89. The van der Waals surface area contributed by atoms with Gasteiger partial charge >= 0.3 is 6.01 Å². The van der Waals surface area contributed by atoms with E-state index in [1.165, 1.54) is 11.1 Å². The van der Waals surface area contributed by atoms with E-state index in [0.717, 1.165) is 44.6 Å². The van der Waals surface area contributed by atoms with Crippen LogP contribution in [-0.4, -0.2) is 62.1 Å². The van der Waals surface area contributed by atoms with Crippen molar-refractivity contribution in [1.82, 2.24) is 14.3 Å². The second-order valence-electron chi connectivity index (χ2n) is 10.9. The number of sulfonamides is 1. The zero-order valence-electron chi connectivity index (χ0n) is 23.3. The zero-order chi connectivity index (χ0) is 27.9. The van der Waals surface area contributed by atoms with E-state index in [1.807, 2.05) is 19.9 Å². The number of methoxy groups -OCH3 is 1. The van der Waals surface area contributed by atoms with Crippen molar-refractivity contribution in [2.24, 2.45) is 0 Å². The molecule has 9 nitrogen and oxygen atoms in total. The molecule has 0 amide bonds. The number of hydrogen-bond donors (Lipinski definition) is 0. The highest BCUT2D eigenvalue weighted by atomic mass is 32.2. The molecule has 0 aliphatic carbocycles. The number of aromatic nitrogens is 2. The highest BCUT2D eigenvalue weighted by Gasteiger charge is 2.43. The van der Waals surface area contributed by atoms with Gasteiger partial charge in [-0.1, -0.05) is 24.3 Å². The molecule has 0 N–H and O–H groups in total. The SMILES string of the molecule is COc1cc(C)c(S(=O)(=O)N2CCC[C@H]2COc2nccc(N3CCC4(CC3)OCc3ccccc34)n2)c(C)c1. The van der Waals surface area contributed by atoms with E-state index < -0.39 is 10.0 Å². The summed E-state index contributed by atoms with van der Waals surface area (Å²) in [5.74, 6) is 1.46. The predicted octanol–water partition coefficient (Wildman–Crippen LogP) is 4.36. The van der Waals surface area contributed by atoms with E-state index in [1.54, 1.807) is 29.7 Å². The normalized spacial score (nSPS) is 20.6. The number of nitrogens with zero attached hydrogens (tertiary/aromatic N) is 4. The van der Waals surface area contributed by atoms with Crippen molar-refractivity contribution < 1.29 is 22.6 Å². The lowest BCUT2D eigenvalue weighted by Gasteiger charge is -2.39. The molecule has 1 spiro atoms. The first-order chi connectivity index (χ1) is 19.3. The van der Waals surface area contributed by atoms with Gasteiger partial charge in [0.05, 0.1) is 30.3 Å². The van der Waals surface area contributed by atoms with Crippen LogP contribution in [0.25, 0.3) is 0 Å². The number of piperidine rings is 1. The van der Waals surface area contributed by atoms with Crippen molar-refractivity contribution in [2.45, 2.75) is 62.7 Å². The lowest BCUT2D eigenvalue weighted by molar-refractivity contribution is -0.0552. The molecule has 6 rings (SSSR count). The van der Waals surface area contributed by atoms with Crippen LogP contribution < -0.4 is 14.4 Å². The molecule has 10 heteroatoms. The van der Waals surface area contributed by atoms with Gasteiger partial charge in [-0.15, -0.1) is 0 Å². The van der Waals surface area contributed by atoms with Gasteiger partial charge in [0, 0.05) is 25.8 Å². The average Bonchev–Trinajstić information content (AvgIpc) is 3.58. The number of hydrogen-bond acceptors (Lipinski definition) is 8. The van der Waals surface area contributed by atoms with Crippen molar-refractivity contribution in [1.29, 1.82) is 0 Å². The Morgan fingerprint density at radius 1 is 1.07 bits per heavy atom. The smallest absolute Gasteiger partial charge is 0.318 e. The van der Waals surface area contributed by atoms with Crippen LogP contribution in [0.4, 0.5) is 5.82 Å². The van der Waals surface area contributed by atoms with Crippen molar-refractivity contribution in [3.05, 3.63) is 70.9 Å². The van der Waals surface area contributed by atoms with Gasteiger partial charge in [0.1, 0.15) is 18.2 Å². The topological polar surface area (TPSA) is 94.1 Å². The lowest BCUT2D eigenvalue weighted by atomic mass is 9.84. The maximum absolute atomic E-state index is 13.7. The minimum absolute atomic E-state index is 0.199. The van der Waals surface area contributed by atoms with Gasteiger partial charge < -0.3 is 19.1 Å². The molecule has 0 radical (unpaired) electrons. The van der Waals surface area contributed by atoms with Gasteiger partial charge in [-0.3, -0.25) is 0 Å². The van der Waals surface area contributed by atoms with Crippen LogP contribution in [0.15, 0.2) is 53.6 Å². The summed E-state index contributed by atoms with van der Waals surface area (Å²) < 4.78 is 46.7. The van der Waals surface area contributed by atoms with Crippen LogP contribution in [0.1, 0.15) is 47.9 Å². The fourth-order valence-corrected chi connectivity index (χ4v) is 8.58. The Morgan fingerprint density at radius 2 is 1.82 bits per heavy atom. The van der Waals surface area contributed by atoms with Crippen LogP contribution in [0.2, 0.25) is 0 Å². The molecule has 2 aromatic carbocycles. The summed E-state index contributed by atoms with van der Waals surface area (Å²) in [7, 11) is -2.12. The molecule has 40 heavy (non-hydrogen) atoms. The van der Waals surface area contributed by atoms with Crippen molar-refractivity contribution >= 4 is 15.8 Å². The minimum atomic E-state index is -3.70. The van der Waals surface area contributed by atoms with Crippen LogP contribution in [0.3, 0.4) is 0 Å². The first-order valence-electron chi connectivity index (χ1n) is 13.9. The summed E-state index contributed by atoms with van der Waals surface area (Å²) in [6.45, 7) is 6.59. The van der Waals surface area contributed by atoms with Crippen LogP contribution in [0, 0.1) is 13.8 Å². The third kappa shape index (κ3) is 4.82. The zero-order valence-corrected chi connectivity index (χ0v) is 24.1. The summed E-state index contributed by atoms with van der Waals surface area (Å²) in [5.41, 5.74) is 3.74. The van der Waals surface area contributed by atoms with Crippen molar-refractivity contribution in [2.75, 3.05) is 38.3 Å². The predicted molar refractivity (Wildman–Crippen MR) is 151 cm³/mol. The summed E-state index contributed by atoms with van der Waals surface area (Å²) in [6.07, 6.45) is 5.00. The molecular weight excluding hydrogens is 528 g/mol. The molecule has 1 aromatic heterocycles. The third-order valence-corrected chi connectivity index (χ3v) is 10.7. The molecule has 2 saturated heterocycles. The first kappa shape index (κ1) is 27.0. The Morgan fingerprint density at radius 3 is 2.58 bits per heavy atom. The van der Waals surface area contributed by atoms with Gasteiger partial charge in [0.15, 0.2) is 0 Å². The van der Waals surface area contributed by atoms with Crippen molar-refractivity contribution in [3.8, 4) is 11.8 Å². The standard InChI is InChI=1S/C30H36N4O5S/c1-21-17-25(37-3)18-22(2)28(21)40(35,36)34-14-6-8-24(34)20-38-29-31-13-10-27(32-29)33-15-11-30(12-16-33)26-9-5-4-7-23(26)19-39-30/h4-5,7,9-10,13,17-18,24H,6,8,11-12,14-16,19-20H2,1-3H3/t24-/m0/s1. The van der Waals surface area contributed by atoms with Crippen LogP contribution in [-0.2, 0) is 27.0 Å². The molecule has 3 aliphatic rings. The van der Waals surface area contributed by atoms with Gasteiger partial charge in [-0.25, -0.2) is 13.4 Å². The van der Waals surface area contributed by atoms with Crippen LogP contribution in [0.5, 0.6) is 11.8 Å². The molecule has 3 aromatic rings.